The fourth-order valence-corrected chi connectivity index (χ4v) is 3.89. The third kappa shape index (κ3) is 4.81. The van der Waals surface area contributed by atoms with Crippen LogP contribution in [0.2, 0.25) is 0 Å². The van der Waals surface area contributed by atoms with Crippen molar-refractivity contribution in [2.45, 2.75) is 25.7 Å². The van der Waals surface area contributed by atoms with Gasteiger partial charge in [-0.3, -0.25) is 9.10 Å². The molecule has 2 aromatic carbocycles. The Morgan fingerprint density at radius 2 is 1.97 bits per heavy atom. The Bertz CT molecular complexity index is 1040. The van der Waals surface area contributed by atoms with Gasteiger partial charge in [-0.15, -0.1) is 0 Å². The molecule has 1 amide bonds. The standard InChI is InChI=1S/C19H19F3N2O4S/c1-12-6-7-15-16(8-12)28-17(11-24(15)29(2,26)27)18(25)23-10-13-4-3-5-14(9-13)19(20,21)22/h3-9,17H,10-11H2,1-2H3,(H,23,25)/t17-/m1/s1. The summed E-state index contributed by atoms with van der Waals surface area (Å²) in [6, 6.07) is 9.56. The van der Waals surface area contributed by atoms with Gasteiger partial charge in [0.15, 0.2) is 6.10 Å². The zero-order valence-electron chi connectivity index (χ0n) is 15.7. The SMILES string of the molecule is Cc1ccc2c(c1)O[C@@H](C(=O)NCc1cccc(C(F)(F)F)c1)CN2S(C)(=O)=O. The van der Waals surface area contributed by atoms with Crippen molar-refractivity contribution in [2.24, 2.45) is 0 Å². The Labute approximate surface area is 166 Å². The summed E-state index contributed by atoms with van der Waals surface area (Å²) in [5, 5.41) is 2.51. The van der Waals surface area contributed by atoms with Gasteiger partial charge in [-0.2, -0.15) is 13.2 Å². The molecule has 0 aromatic heterocycles. The maximum atomic E-state index is 12.8. The Morgan fingerprint density at radius 3 is 2.62 bits per heavy atom. The lowest BCUT2D eigenvalue weighted by molar-refractivity contribution is -0.137. The summed E-state index contributed by atoms with van der Waals surface area (Å²) in [6.07, 6.45) is -4.59. The number of nitrogens with one attached hydrogen (secondary N) is 1. The lowest BCUT2D eigenvalue weighted by Gasteiger charge is -2.34. The van der Waals surface area contributed by atoms with E-state index >= 15 is 0 Å². The molecule has 1 heterocycles. The molecule has 0 fully saturated rings. The van der Waals surface area contributed by atoms with Crippen LogP contribution in [-0.2, 0) is 27.5 Å². The third-order valence-corrected chi connectivity index (χ3v) is 5.55. The molecule has 6 nitrogen and oxygen atoms in total. The van der Waals surface area contributed by atoms with Crippen LogP contribution in [0.5, 0.6) is 5.75 Å². The molecule has 1 aliphatic heterocycles. The lowest BCUT2D eigenvalue weighted by atomic mass is 10.1. The number of aryl methyl sites for hydroxylation is 1. The molecular weight excluding hydrogens is 409 g/mol. The van der Waals surface area contributed by atoms with E-state index in [-0.39, 0.29) is 24.4 Å². The summed E-state index contributed by atoms with van der Waals surface area (Å²) in [5.74, 6) is -0.371. The predicted octanol–water partition coefficient (Wildman–Crippen LogP) is 2.86. The van der Waals surface area contributed by atoms with Gasteiger partial charge in [-0.1, -0.05) is 18.2 Å². The fraction of sp³-hybridized carbons (Fsp3) is 0.316. The summed E-state index contributed by atoms with van der Waals surface area (Å²) in [7, 11) is -3.66. The number of ether oxygens (including phenoxy) is 1. The number of sulfonamides is 1. The second kappa shape index (κ2) is 7.58. The first-order valence-corrected chi connectivity index (χ1v) is 10.5. The first-order valence-electron chi connectivity index (χ1n) is 8.64. The molecule has 29 heavy (non-hydrogen) atoms. The highest BCUT2D eigenvalue weighted by Gasteiger charge is 2.35. The smallest absolute Gasteiger partial charge is 0.416 e. The van der Waals surface area contributed by atoms with Crippen LogP contribution in [0.1, 0.15) is 16.7 Å². The Hall–Kier alpha value is -2.75. The number of halogens is 3. The van der Waals surface area contributed by atoms with Crippen molar-refractivity contribution in [1.82, 2.24) is 5.32 Å². The van der Waals surface area contributed by atoms with Gasteiger partial charge in [0.25, 0.3) is 5.91 Å². The number of fused-ring (bicyclic) bond motifs is 1. The number of hydrogen-bond donors (Lipinski definition) is 1. The van der Waals surface area contributed by atoms with E-state index in [2.05, 4.69) is 5.32 Å². The molecule has 156 valence electrons. The van der Waals surface area contributed by atoms with Crippen molar-refractivity contribution in [3.8, 4) is 5.75 Å². The number of carbonyl (C=O) groups is 1. The van der Waals surface area contributed by atoms with Crippen LogP contribution in [-0.4, -0.2) is 33.2 Å². The lowest BCUT2D eigenvalue weighted by Crippen LogP contribution is -2.50. The second-order valence-corrected chi connectivity index (χ2v) is 8.69. The van der Waals surface area contributed by atoms with E-state index in [0.29, 0.717) is 5.69 Å². The van der Waals surface area contributed by atoms with Gasteiger partial charge in [0.2, 0.25) is 10.0 Å². The van der Waals surface area contributed by atoms with Crippen molar-refractivity contribution in [2.75, 3.05) is 17.1 Å². The molecule has 0 saturated carbocycles. The number of amides is 1. The molecule has 0 aliphatic carbocycles. The van der Waals surface area contributed by atoms with Gasteiger partial charge in [0.1, 0.15) is 5.75 Å². The zero-order chi connectivity index (χ0) is 21.4. The number of anilines is 1. The van der Waals surface area contributed by atoms with Crippen molar-refractivity contribution in [3.63, 3.8) is 0 Å². The summed E-state index contributed by atoms with van der Waals surface area (Å²) in [5.41, 5.74) is 0.605. The van der Waals surface area contributed by atoms with E-state index in [4.69, 9.17) is 4.74 Å². The molecule has 2 aromatic rings. The van der Waals surface area contributed by atoms with Gasteiger partial charge < -0.3 is 10.1 Å². The van der Waals surface area contributed by atoms with Crippen molar-refractivity contribution in [1.29, 1.82) is 0 Å². The van der Waals surface area contributed by atoms with Crippen LogP contribution in [0.25, 0.3) is 0 Å². The van der Waals surface area contributed by atoms with Crippen LogP contribution in [0.3, 0.4) is 0 Å². The van der Waals surface area contributed by atoms with E-state index < -0.39 is 33.8 Å². The summed E-state index contributed by atoms with van der Waals surface area (Å²) >= 11 is 0. The molecule has 1 aliphatic rings. The number of alkyl halides is 3. The maximum absolute atomic E-state index is 12.8. The van der Waals surface area contributed by atoms with E-state index in [9.17, 15) is 26.4 Å². The second-order valence-electron chi connectivity index (χ2n) is 6.79. The van der Waals surface area contributed by atoms with Crippen molar-refractivity contribution >= 4 is 21.6 Å². The Balaban J connectivity index is 1.76. The van der Waals surface area contributed by atoms with Crippen LogP contribution in [0.15, 0.2) is 42.5 Å². The number of carbonyl (C=O) groups excluding carboxylic acids is 1. The summed E-state index contributed by atoms with van der Waals surface area (Å²) < 4.78 is 69.5. The van der Waals surface area contributed by atoms with E-state index in [0.717, 1.165) is 28.3 Å². The first kappa shape index (κ1) is 21.0. The molecule has 0 unspecified atom stereocenters. The minimum absolute atomic E-state index is 0.151. The van der Waals surface area contributed by atoms with Gasteiger partial charge >= 0.3 is 6.18 Å². The highest BCUT2D eigenvalue weighted by Crippen LogP contribution is 2.35. The van der Waals surface area contributed by atoms with Crippen molar-refractivity contribution < 1.29 is 31.1 Å². The van der Waals surface area contributed by atoms with E-state index in [1.54, 1.807) is 25.1 Å². The number of benzene rings is 2. The van der Waals surface area contributed by atoms with Gasteiger partial charge in [0, 0.05) is 6.54 Å². The zero-order valence-corrected chi connectivity index (χ0v) is 16.5. The summed E-state index contributed by atoms with van der Waals surface area (Å²) in [4.78, 5) is 12.5. The van der Waals surface area contributed by atoms with Gasteiger partial charge in [-0.25, -0.2) is 8.42 Å². The highest BCUT2D eigenvalue weighted by molar-refractivity contribution is 7.92. The minimum Gasteiger partial charge on any atom is -0.476 e. The van der Waals surface area contributed by atoms with Gasteiger partial charge in [0.05, 0.1) is 24.1 Å². The molecule has 0 saturated heterocycles. The summed E-state index contributed by atoms with van der Waals surface area (Å²) in [6.45, 7) is 1.41. The van der Waals surface area contributed by atoms with E-state index in [1.807, 2.05) is 0 Å². The quantitative estimate of drug-likeness (QED) is 0.813. The molecule has 0 bridgehead atoms. The monoisotopic (exact) mass is 428 g/mol. The molecule has 0 spiro atoms. The van der Waals surface area contributed by atoms with Crippen LogP contribution < -0.4 is 14.4 Å². The molecule has 0 radical (unpaired) electrons. The number of rotatable bonds is 4. The van der Waals surface area contributed by atoms with Crippen LogP contribution >= 0.6 is 0 Å². The fourth-order valence-electron chi connectivity index (χ4n) is 2.97. The average molecular weight is 428 g/mol. The first-order chi connectivity index (χ1) is 13.4. The minimum atomic E-state index is -4.48. The molecule has 3 rings (SSSR count). The van der Waals surface area contributed by atoms with Gasteiger partial charge in [-0.05, 0) is 42.3 Å². The van der Waals surface area contributed by atoms with Crippen LogP contribution in [0, 0.1) is 6.92 Å². The molecule has 10 heteroatoms. The molecule has 1 N–H and O–H groups in total. The predicted molar refractivity (Wildman–Crippen MR) is 101 cm³/mol. The Kier molecular flexibility index (Phi) is 5.48. The van der Waals surface area contributed by atoms with E-state index in [1.165, 1.54) is 12.1 Å². The third-order valence-electron chi connectivity index (χ3n) is 4.40. The average Bonchev–Trinajstić information content (AvgIpc) is 2.63. The molecule has 1 atom stereocenters. The number of nitrogens with zero attached hydrogens (tertiary/aromatic N) is 1. The number of hydrogen-bond acceptors (Lipinski definition) is 4. The molecular formula is C19H19F3N2O4S. The van der Waals surface area contributed by atoms with Crippen LogP contribution in [0.4, 0.5) is 18.9 Å². The van der Waals surface area contributed by atoms with Crippen molar-refractivity contribution in [3.05, 3.63) is 59.2 Å². The Morgan fingerprint density at radius 1 is 1.24 bits per heavy atom. The highest BCUT2D eigenvalue weighted by atomic mass is 32.2. The topological polar surface area (TPSA) is 75.7 Å². The maximum Gasteiger partial charge on any atom is 0.416 e. The normalized spacial score (nSPS) is 16.7. The largest absolute Gasteiger partial charge is 0.476 e.